The van der Waals surface area contributed by atoms with Crippen LogP contribution in [0.1, 0.15) is 16.1 Å². The Kier molecular flexibility index (Phi) is 4.17. The number of nitrogens with zero attached hydrogens (tertiary/aromatic N) is 1. The highest BCUT2D eigenvalue weighted by Crippen LogP contribution is 2.28. The van der Waals surface area contributed by atoms with Crippen LogP contribution in [0.3, 0.4) is 0 Å². The fourth-order valence-electron chi connectivity index (χ4n) is 2.40. The number of nitrogens with one attached hydrogen (secondary N) is 1. The first-order chi connectivity index (χ1) is 11.1. The fourth-order valence-corrected chi connectivity index (χ4v) is 2.58. The number of fused-ring (bicyclic) bond motifs is 1. The molecule has 1 aromatic heterocycles. The summed E-state index contributed by atoms with van der Waals surface area (Å²) in [4.78, 5) is 16.8. The van der Waals surface area contributed by atoms with E-state index in [2.05, 4.69) is 10.3 Å². The Bertz CT molecular complexity index is 888. The molecular formula is C18H15ClN2O2. The molecule has 0 unspecified atom stereocenters. The summed E-state index contributed by atoms with van der Waals surface area (Å²) < 4.78 is 5.36. The van der Waals surface area contributed by atoms with Gasteiger partial charge in [-0.1, -0.05) is 29.8 Å². The van der Waals surface area contributed by atoms with Crippen molar-refractivity contribution in [3.05, 3.63) is 64.9 Å². The van der Waals surface area contributed by atoms with Crippen molar-refractivity contribution in [2.24, 2.45) is 0 Å². The van der Waals surface area contributed by atoms with Gasteiger partial charge in [0.2, 0.25) is 0 Å². The molecule has 1 heterocycles. The average Bonchev–Trinajstić information content (AvgIpc) is 2.57. The second-order valence-corrected chi connectivity index (χ2v) is 5.54. The van der Waals surface area contributed by atoms with E-state index in [1.165, 1.54) is 0 Å². The smallest absolute Gasteiger partial charge is 0.275 e. The lowest BCUT2D eigenvalue weighted by atomic mass is 10.1. The number of hydrogen-bond donors (Lipinski definition) is 1. The Morgan fingerprint density at radius 2 is 2.04 bits per heavy atom. The van der Waals surface area contributed by atoms with Crippen LogP contribution in [0, 0.1) is 6.92 Å². The van der Waals surface area contributed by atoms with Gasteiger partial charge in [0.1, 0.15) is 11.4 Å². The number of hydrogen-bond acceptors (Lipinski definition) is 3. The molecule has 4 nitrogen and oxygen atoms in total. The van der Waals surface area contributed by atoms with Gasteiger partial charge >= 0.3 is 0 Å². The molecule has 0 aliphatic rings. The van der Waals surface area contributed by atoms with E-state index in [-0.39, 0.29) is 5.91 Å². The molecular weight excluding hydrogens is 312 g/mol. The Balaban J connectivity index is 2.02. The van der Waals surface area contributed by atoms with Gasteiger partial charge in [0.05, 0.1) is 12.5 Å². The molecule has 1 amide bonds. The molecule has 0 aliphatic carbocycles. The number of benzene rings is 2. The third kappa shape index (κ3) is 2.98. The number of amides is 1. The molecule has 0 saturated carbocycles. The zero-order valence-corrected chi connectivity index (χ0v) is 13.5. The van der Waals surface area contributed by atoms with Crippen LogP contribution in [0.4, 0.5) is 5.69 Å². The van der Waals surface area contributed by atoms with Crippen LogP contribution in [0.5, 0.6) is 5.75 Å². The Hall–Kier alpha value is -2.59. The SMILES string of the molecule is COc1cccc2ccnc(C(=O)Nc3ccc(C)c(Cl)c3)c12. The number of aromatic nitrogens is 1. The topological polar surface area (TPSA) is 51.2 Å². The van der Waals surface area contributed by atoms with E-state index in [4.69, 9.17) is 16.3 Å². The predicted octanol–water partition coefficient (Wildman–Crippen LogP) is 4.46. The largest absolute Gasteiger partial charge is 0.496 e. The number of carbonyl (C=O) groups is 1. The number of carbonyl (C=O) groups excluding carboxylic acids is 1. The molecule has 23 heavy (non-hydrogen) atoms. The lowest BCUT2D eigenvalue weighted by Crippen LogP contribution is -2.14. The fraction of sp³-hybridized carbons (Fsp3) is 0.111. The van der Waals surface area contributed by atoms with Crippen molar-refractivity contribution in [3.8, 4) is 5.75 Å². The molecule has 0 atom stereocenters. The Morgan fingerprint density at radius 3 is 2.78 bits per heavy atom. The van der Waals surface area contributed by atoms with Gasteiger partial charge in [0, 0.05) is 16.9 Å². The highest BCUT2D eigenvalue weighted by Gasteiger charge is 2.15. The third-order valence-electron chi connectivity index (χ3n) is 3.62. The molecule has 0 fully saturated rings. The van der Waals surface area contributed by atoms with Gasteiger partial charge in [0.15, 0.2) is 0 Å². The molecule has 0 saturated heterocycles. The van der Waals surface area contributed by atoms with Crippen LogP contribution in [-0.2, 0) is 0 Å². The second-order valence-electron chi connectivity index (χ2n) is 5.14. The monoisotopic (exact) mass is 326 g/mol. The molecule has 2 aromatic carbocycles. The van der Waals surface area contributed by atoms with Gasteiger partial charge in [-0.2, -0.15) is 0 Å². The van der Waals surface area contributed by atoms with Crippen molar-refractivity contribution in [2.75, 3.05) is 12.4 Å². The Morgan fingerprint density at radius 1 is 1.22 bits per heavy atom. The maximum absolute atomic E-state index is 12.6. The number of ether oxygens (including phenoxy) is 1. The molecule has 0 bridgehead atoms. The van der Waals surface area contributed by atoms with Crippen LogP contribution < -0.4 is 10.1 Å². The van der Waals surface area contributed by atoms with Gasteiger partial charge in [-0.25, -0.2) is 0 Å². The lowest BCUT2D eigenvalue weighted by molar-refractivity contribution is 0.102. The normalized spacial score (nSPS) is 10.6. The number of halogens is 1. The highest BCUT2D eigenvalue weighted by molar-refractivity contribution is 6.31. The number of methoxy groups -OCH3 is 1. The second kappa shape index (κ2) is 6.26. The summed E-state index contributed by atoms with van der Waals surface area (Å²) in [5, 5.41) is 5.01. The molecule has 0 aliphatic heterocycles. The minimum atomic E-state index is -0.306. The van der Waals surface area contributed by atoms with Crippen LogP contribution in [0.15, 0.2) is 48.7 Å². The van der Waals surface area contributed by atoms with Crippen molar-refractivity contribution in [1.82, 2.24) is 4.98 Å². The molecule has 116 valence electrons. The number of aryl methyl sites for hydroxylation is 1. The minimum Gasteiger partial charge on any atom is -0.496 e. The van der Waals surface area contributed by atoms with Crippen LogP contribution >= 0.6 is 11.6 Å². The third-order valence-corrected chi connectivity index (χ3v) is 4.02. The molecule has 0 spiro atoms. The number of rotatable bonds is 3. The molecule has 3 aromatic rings. The molecule has 3 rings (SSSR count). The van der Waals surface area contributed by atoms with Gasteiger partial charge < -0.3 is 10.1 Å². The van der Waals surface area contributed by atoms with E-state index in [9.17, 15) is 4.79 Å². The van der Waals surface area contributed by atoms with Gasteiger partial charge in [-0.3, -0.25) is 9.78 Å². The van der Waals surface area contributed by atoms with E-state index in [1.54, 1.807) is 19.4 Å². The molecule has 0 radical (unpaired) electrons. The van der Waals surface area contributed by atoms with E-state index in [0.717, 1.165) is 10.9 Å². The maximum atomic E-state index is 12.6. The Labute approximate surface area is 139 Å². The maximum Gasteiger partial charge on any atom is 0.275 e. The van der Waals surface area contributed by atoms with Gasteiger partial charge in [0.25, 0.3) is 5.91 Å². The summed E-state index contributed by atoms with van der Waals surface area (Å²) in [6.45, 7) is 1.91. The minimum absolute atomic E-state index is 0.306. The van der Waals surface area contributed by atoms with E-state index in [0.29, 0.717) is 27.5 Å². The summed E-state index contributed by atoms with van der Waals surface area (Å²) in [7, 11) is 1.57. The van der Waals surface area contributed by atoms with Crippen molar-refractivity contribution in [1.29, 1.82) is 0 Å². The van der Waals surface area contributed by atoms with Gasteiger partial charge in [-0.05, 0) is 42.1 Å². The average molecular weight is 327 g/mol. The molecule has 1 N–H and O–H groups in total. The standard InChI is InChI=1S/C18H15ClN2O2/c1-11-6-7-13(10-14(11)19)21-18(22)17-16-12(8-9-20-17)4-3-5-15(16)23-2/h3-10H,1-2H3,(H,21,22). The van der Waals surface area contributed by atoms with E-state index < -0.39 is 0 Å². The van der Waals surface area contributed by atoms with Crippen LogP contribution in [0.25, 0.3) is 10.8 Å². The summed E-state index contributed by atoms with van der Waals surface area (Å²) in [5.41, 5.74) is 1.89. The van der Waals surface area contributed by atoms with Crippen molar-refractivity contribution >= 4 is 34.0 Å². The molecule has 5 heteroatoms. The summed E-state index contributed by atoms with van der Waals surface area (Å²) >= 11 is 6.10. The zero-order chi connectivity index (χ0) is 16.4. The van der Waals surface area contributed by atoms with Crippen molar-refractivity contribution < 1.29 is 9.53 Å². The number of pyridine rings is 1. The first-order valence-corrected chi connectivity index (χ1v) is 7.47. The lowest BCUT2D eigenvalue weighted by Gasteiger charge is -2.11. The predicted molar refractivity (Wildman–Crippen MR) is 92.4 cm³/mol. The summed E-state index contributed by atoms with van der Waals surface area (Å²) in [6.07, 6.45) is 1.61. The van der Waals surface area contributed by atoms with E-state index >= 15 is 0 Å². The van der Waals surface area contributed by atoms with Crippen LogP contribution in [0.2, 0.25) is 5.02 Å². The van der Waals surface area contributed by atoms with Crippen LogP contribution in [-0.4, -0.2) is 18.0 Å². The van der Waals surface area contributed by atoms with Gasteiger partial charge in [-0.15, -0.1) is 0 Å². The first-order valence-electron chi connectivity index (χ1n) is 7.09. The summed E-state index contributed by atoms with van der Waals surface area (Å²) in [5.74, 6) is 0.308. The first kappa shape index (κ1) is 15.3. The summed E-state index contributed by atoms with van der Waals surface area (Å²) in [6, 6.07) is 12.8. The van der Waals surface area contributed by atoms with Crippen molar-refractivity contribution in [2.45, 2.75) is 6.92 Å². The quantitative estimate of drug-likeness (QED) is 0.773. The van der Waals surface area contributed by atoms with Crippen molar-refractivity contribution in [3.63, 3.8) is 0 Å². The highest BCUT2D eigenvalue weighted by atomic mass is 35.5. The number of anilines is 1. The zero-order valence-electron chi connectivity index (χ0n) is 12.8. The van der Waals surface area contributed by atoms with E-state index in [1.807, 2.05) is 43.3 Å².